The number of aromatic nitrogens is 3. The molecule has 13 heteroatoms. The van der Waals surface area contributed by atoms with Crippen LogP contribution in [0.15, 0.2) is 44.8 Å². The van der Waals surface area contributed by atoms with Crippen LogP contribution in [0.3, 0.4) is 0 Å². The third kappa shape index (κ3) is 5.48. The van der Waals surface area contributed by atoms with E-state index in [0.29, 0.717) is 22.2 Å². The summed E-state index contributed by atoms with van der Waals surface area (Å²) in [5.41, 5.74) is -3.42. The van der Waals surface area contributed by atoms with Crippen molar-refractivity contribution >= 4 is 35.1 Å². The van der Waals surface area contributed by atoms with Crippen LogP contribution < -0.4 is 20.7 Å². The zero-order valence-electron chi connectivity index (χ0n) is 18.6. The second kappa shape index (κ2) is 10.6. The van der Waals surface area contributed by atoms with Gasteiger partial charge in [0.2, 0.25) is 0 Å². The van der Waals surface area contributed by atoms with Crippen LogP contribution in [0.2, 0.25) is 10.0 Å². The summed E-state index contributed by atoms with van der Waals surface area (Å²) in [5.74, 6) is 1.21. The fourth-order valence-corrected chi connectivity index (χ4v) is 5.02. The number of ether oxygens (including phenoxy) is 2. The molecule has 0 bridgehead atoms. The maximum absolute atomic E-state index is 13.1. The minimum Gasteiger partial charge on any atom is -0.496 e. The van der Waals surface area contributed by atoms with Crippen molar-refractivity contribution in [3.63, 3.8) is 0 Å². The van der Waals surface area contributed by atoms with E-state index in [9.17, 15) is 18.4 Å². The van der Waals surface area contributed by atoms with E-state index in [-0.39, 0.29) is 21.5 Å². The van der Waals surface area contributed by atoms with Crippen LogP contribution in [0, 0.1) is 0 Å². The molecule has 1 saturated carbocycles. The highest BCUT2D eigenvalue weighted by Gasteiger charge is 2.24. The third-order valence-corrected chi connectivity index (χ3v) is 7.14. The molecule has 0 unspecified atom stereocenters. The van der Waals surface area contributed by atoms with Crippen molar-refractivity contribution in [2.24, 2.45) is 0 Å². The Morgan fingerprint density at radius 3 is 2.46 bits per heavy atom. The molecule has 1 heterocycles. The lowest BCUT2D eigenvalue weighted by molar-refractivity contribution is 0.141. The summed E-state index contributed by atoms with van der Waals surface area (Å²) in [6.45, 7) is 0. The van der Waals surface area contributed by atoms with Crippen LogP contribution in [-0.2, 0) is 0 Å². The number of halogens is 4. The number of nitrogens with one attached hydrogen (secondary N) is 1. The van der Waals surface area contributed by atoms with Crippen molar-refractivity contribution in [3.05, 3.63) is 66.9 Å². The van der Waals surface area contributed by atoms with Gasteiger partial charge in [-0.05, 0) is 62.2 Å². The second-order valence-corrected chi connectivity index (χ2v) is 9.75. The minimum absolute atomic E-state index is 0.00241. The molecule has 0 spiro atoms. The first-order chi connectivity index (χ1) is 16.7. The number of benzene rings is 2. The van der Waals surface area contributed by atoms with E-state index in [0.717, 1.165) is 17.7 Å². The Balaban J connectivity index is 1.64. The van der Waals surface area contributed by atoms with E-state index in [1.165, 1.54) is 18.6 Å². The number of hydrogen-bond acceptors (Lipinski definition) is 7. The normalized spacial score (nSPS) is 13.8. The molecule has 1 aromatic heterocycles. The lowest BCUT2D eigenvalue weighted by Crippen LogP contribution is -2.34. The third-order valence-electron chi connectivity index (χ3n) is 5.47. The number of methoxy groups -OCH3 is 1. The van der Waals surface area contributed by atoms with Crippen molar-refractivity contribution in [1.29, 1.82) is 0 Å². The highest BCUT2D eigenvalue weighted by Crippen LogP contribution is 2.42. The Bertz CT molecular complexity index is 1340. The Labute approximate surface area is 212 Å². The lowest BCUT2D eigenvalue weighted by Gasteiger charge is -2.33. The summed E-state index contributed by atoms with van der Waals surface area (Å²) in [6, 6.07) is 8.29. The number of alkyl halides is 2. The van der Waals surface area contributed by atoms with Crippen molar-refractivity contribution in [2.75, 3.05) is 14.2 Å². The van der Waals surface area contributed by atoms with Crippen LogP contribution in [0.4, 0.5) is 8.78 Å². The van der Waals surface area contributed by atoms with E-state index in [2.05, 4.69) is 9.40 Å². The molecule has 0 radical (unpaired) electrons. The summed E-state index contributed by atoms with van der Waals surface area (Å²) in [6.07, 6.45) is 0.328. The summed E-state index contributed by atoms with van der Waals surface area (Å²) >= 11 is 14.3. The van der Waals surface area contributed by atoms with E-state index < -0.39 is 23.4 Å². The van der Waals surface area contributed by atoms with Gasteiger partial charge >= 0.3 is 5.69 Å². The Kier molecular flexibility index (Phi) is 7.70. The average molecular weight is 545 g/mol. The van der Waals surface area contributed by atoms with Gasteiger partial charge in [0.1, 0.15) is 11.5 Å². The molecule has 0 aliphatic heterocycles. The topological polar surface area (TPSA) is 89.5 Å². The summed E-state index contributed by atoms with van der Waals surface area (Å²) in [4.78, 5) is 26.3. The number of H-pyrrole nitrogens is 1. The smallest absolute Gasteiger partial charge is 0.349 e. The van der Waals surface area contributed by atoms with Crippen molar-refractivity contribution in [1.82, 2.24) is 19.1 Å². The maximum atomic E-state index is 13.1. The van der Waals surface area contributed by atoms with Gasteiger partial charge in [0, 0.05) is 6.04 Å². The van der Waals surface area contributed by atoms with Crippen LogP contribution in [0.1, 0.15) is 31.4 Å². The quantitative estimate of drug-likeness (QED) is 0.376. The lowest BCUT2D eigenvalue weighted by atomic mass is 9.94. The molecule has 1 N–H and O–H groups in total. The molecular weight excluding hydrogens is 525 g/mol. The van der Waals surface area contributed by atoms with Crippen LogP contribution in [0.25, 0.3) is 5.69 Å². The van der Waals surface area contributed by atoms with Gasteiger partial charge in [-0.3, -0.25) is 9.78 Å². The van der Waals surface area contributed by atoms with Gasteiger partial charge in [0.15, 0.2) is 11.4 Å². The molecule has 8 nitrogen and oxygen atoms in total. The minimum atomic E-state index is -3.18. The summed E-state index contributed by atoms with van der Waals surface area (Å²) < 4.78 is 40.3. The molecule has 4 rings (SSSR count). The van der Waals surface area contributed by atoms with E-state index in [4.69, 9.17) is 32.7 Å². The average Bonchev–Trinajstić information content (AvgIpc) is 2.75. The summed E-state index contributed by atoms with van der Waals surface area (Å²) in [7, 11) is 3.61. The molecule has 3 aromatic rings. The molecule has 0 atom stereocenters. The molecule has 1 fully saturated rings. The molecule has 1 aliphatic carbocycles. The Hall–Kier alpha value is -2.60. The fourth-order valence-electron chi connectivity index (χ4n) is 3.39. The summed E-state index contributed by atoms with van der Waals surface area (Å²) in [5, 5.41) is 3.46. The van der Waals surface area contributed by atoms with Gasteiger partial charge in [0.05, 0.1) is 27.7 Å². The van der Waals surface area contributed by atoms with Crippen molar-refractivity contribution in [3.8, 4) is 22.9 Å². The van der Waals surface area contributed by atoms with E-state index >= 15 is 0 Å². The predicted octanol–water partition coefficient (Wildman–Crippen LogP) is 5.46. The molecule has 0 amide bonds. The van der Waals surface area contributed by atoms with E-state index in [1.54, 1.807) is 42.2 Å². The molecule has 186 valence electrons. The monoisotopic (exact) mass is 544 g/mol. The van der Waals surface area contributed by atoms with Crippen molar-refractivity contribution < 1.29 is 18.3 Å². The van der Waals surface area contributed by atoms with Gasteiger partial charge in [-0.25, -0.2) is 17.9 Å². The van der Waals surface area contributed by atoms with Gasteiger partial charge in [-0.2, -0.15) is 9.78 Å². The SMILES string of the molecule is COc1ccc(Oc2c(Cl)cc(-n3nc(C(F)F)c(=O)[nH]c3=O)cc2Cl)cc1SN(C)C1CCC1. The van der Waals surface area contributed by atoms with E-state index in [1.807, 2.05) is 7.05 Å². The second-order valence-electron chi connectivity index (χ2n) is 7.73. The molecular formula is C22H20Cl2F2N4O4S. The number of aromatic amines is 1. The largest absolute Gasteiger partial charge is 0.496 e. The van der Waals surface area contributed by atoms with Gasteiger partial charge in [-0.1, -0.05) is 29.6 Å². The highest BCUT2D eigenvalue weighted by molar-refractivity contribution is 7.97. The number of nitrogens with zero attached hydrogens (tertiary/aromatic N) is 3. The first kappa shape index (κ1) is 25.5. The van der Waals surface area contributed by atoms with Gasteiger partial charge in [-0.15, -0.1) is 0 Å². The van der Waals surface area contributed by atoms with Crippen molar-refractivity contribution in [2.45, 2.75) is 36.6 Å². The highest BCUT2D eigenvalue weighted by atomic mass is 35.5. The molecule has 0 saturated heterocycles. The number of rotatable bonds is 8. The first-order valence-electron chi connectivity index (χ1n) is 10.5. The zero-order chi connectivity index (χ0) is 25.3. The maximum Gasteiger partial charge on any atom is 0.349 e. The molecule has 2 aromatic carbocycles. The Morgan fingerprint density at radius 2 is 1.89 bits per heavy atom. The van der Waals surface area contributed by atoms with Crippen LogP contribution in [0.5, 0.6) is 17.2 Å². The Morgan fingerprint density at radius 1 is 1.20 bits per heavy atom. The fraction of sp³-hybridized carbons (Fsp3) is 0.318. The molecule has 1 aliphatic rings. The predicted molar refractivity (Wildman–Crippen MR) is 130 cm³/mol. The van der Waals surface area contributed by atoms with Crippen LogP contribution in [-0.4, -0.2) is 39.3 Å². The number of hydrogen-bond donors (Lipinski definition) is 1. The molecule has 35 heavy (non-hydrogen) atoms. The zero-order valence-corrected chi connectivity index (χ0v) is 20.9. The van der Waals surface area contributed by atoms with Gasteiger partial charge in [0.25, 0.3) is 12.0 Å². The first-order valence-corrected chi connectivity index (χ1v) is 12.0. The van der Waals surface area contributed by atoms with Gasteiger partial charge < -0.3 is 9.47 Å². The van der Waals surface area contributed by atoms with Crippen LogP contribution >= 0.6 is 35.1 Å². The standard InChI is InChI=1S/C22H20Cl2F2N4O4S/c1-29(11-4-3-5-11)35-17-10-13(6-7-16(17)33-2)34-19-14(23)8-12(9-15(19)24)30-22(32)27-21(31)18(28-30)20(25)26/h6-11,20H,3-5H2,1-2H3,(H,27,31,32).